The fourth-order valence-corrected chi connectivity index (χ4v) is 2.72. The van der Waals surface area contributed by atoms with Crippen molar-refractivity contribution < 1.29 is 14.7 Å². The van der Waals surface area contributed by atoms with Crippen molar-refractivity contribution >= 4 is 27.8 Å². The number of carbonyl (C=O) groups is 2. The molecule has 6 nitrogen and oxygen atoms in total. The summed E-state index contributed by atoms with van der Waals surface area (Å²) in [6, 6.07) is 3.02. The minimum absolute atomic E-state index is 0.00989. The zero-order chi connectivity index (χ0) is 14.7. The molecule has 1 amide bonds. The van der Waals surface area contributed by atoms with E-state index in [1.807, 2.05) is 0 Å². The lowest BCUT2D eigenvalue weighted by Crippen LogP contribution is -2.35. The summed E-state index contributed by atoms with van der Waals surface area (Å²) in [7, 11) is 0. The molecule has 20 heavy (non-hydrogen) atoms. The zero-order valence-electron chi connectivity index (χ0n) is 10.8. The van der Waals surface area contributed by atoms with Crippen molar-refractivity contribution in [2.45, 2.75) is 19.4 Å². The number of carboxylic acid groups (broad SMARTS) is 1. The number of likely N-dealkylation sites (tertiary alicyclic amines) is 1. The third-order valence-electron chi connectivity index (χ3n) is 3.35. The van der Waals surface area contributed by atoms with Crippen molar-refractivity contribution in [2.24, 2.45) is 5.92 Å². The standard InChI is InChI=1S/C13H15BrN2O4/c14-10-1-2-11(17)16(7-10)8-12(18)15-4-3-9(6-15)5-13(19)20/h1-2,7,9H,3-6,8H2,(H,19,20). The maximum absolute atomic E-state index is 12.1. The predicted octanol–water partition coefficient (Wildman–Crippen LogP) is 0.934. The Morgan fingerprint density at radius 1 is 1.40 bits per heavy atom. The Bertz CT molecular complexity index is 584. The van der Waals surface area contributed by atoms with Gasteiger partial charge in [-0.1, -0.05) is 0 Å². The van der Waals surface area contributed by atoms with E-state index >= 15 is 0 Å². The van der Waals surface area contributed by atoms with E-state index in [0.717, 1.165) is 4.47 Å². The molecule has 2 heterocycles. The average Bonchev–Trinajstić information content (AvgIpc) is 2.81. The van der Waals surface area contributed by atoms with E-state index in [9.17, 15) is 14.4 Å². The van der Waals surface area contributed by atoms with Crippen LogP contribution in [0.4, 0.5) is 0 Å². The number of rotatable bonds is 4. The lowest BCUT2D eigenvalue weighted by Gasteiger charge is -2.17. The summed E-state index contributed by atoms with van der Waals surface area (Å²) in [5.41, 5.74) is -0.233. The van der Waals surface area contributed by atoms with Crippen LogP contribution in [0, 0.1) is 5.92 Å². The van der Waals surface area contributed by atoms with Gasteiger partial charge in [0.05, 0.1) is 0 Å². The Labute approximate surface area is 124 Å². The van der Waals surface area contributed by atoms with Crippen molar-refractivity contribution in [1.29, 1.82) is 0 Å². The topological polar surface area (TPSA) is 79.6 Å². The number of halogens is 1. The summed E-state index contributed by atoms with van der Waals surface area (Å²) in [6.45, 7) is 0.992. The molecule has 0 saturated carbocycles. The van der Waals surface area contributed by atoms with Crippen molar-refractivity contribution in [1.82, 2.24) is 9.47 Å². The van der Waals surface area contributed by atoms with Gasteiger partial charge in [0, 0.05) is 36.2 Å². The quantitative estimate of drug-likeness (QED) is 0.882. The maximum atomic E-state index is 12.1. The van der Waals surface area contributed by atoms with E-state index in [1.54, 1.807) is 17.2 Å². The first-order chi connectivity index (χ1) is 9.45. The van der Waals surface area contributed by atoms with Crippen LogP contribution in [0.3, 0.4) is 0 Å². The maximum Gasteiger partial charge on any atom is 0.303 e. The number of nitrogens with zero attached hydrogens (tertiary/aromatic N) is 2. The van der Waals surface area contributed by atoms with Gasteiger partial charge in [0.2, 0.25) is 5.91 Å². The summed E-state index contributed by atoms with van der Waals surface area (Å²) < 4.78 is 2.08. The highest BCUT2D eigenvalue weighted by Gasteiger charge is 2.27. The first-order valence-electron chi connectivity index (χ1n) is 6.31. The molecular formula is C13H15BrN2O4. The first-order valence-corrected chi connectivity index (χ1v) is 7.10. The van der Waals surface area contributed by atoms with Gasteiger partial charge >= 0.3 is 5.97 Å². The van der Waals surface area contributed by atoms with Crippen LogP contribution in [-0.2, 0) is 16.1 Å². The van der Waals surface area contributed by atoms with Crippen molar-refractivity contribution in [3.05, 3.63) is 33.2 Å². The van der Waals surface area contributed by atoms with Crippen LogP contribution in [0.1, 0.15) is 12.8 Å². The highest BCUT2D eigenvalue weighted by molar-refractivity contribution is 9.10. The summed E-state index contributed by atoms with van der Waals surface area (Å²) >= 11 is 3.26. The minimum Gasteiger partial charge on any atom is -0.481 e. The van der Waals surface area contributed by atoms with Crippen LogP contribution in [-0.4, -0.2) is 39.5 Å². The van der Waals surface area contributed by atoms with E-state index in [4.69, 9.17) is 5.11 Å². The number of carboxylic acids is 1. The van der Waals surface area contributed by atoms with Gasteiger partial charge in [0.15, 0.2) is 0 Å². The second-order valence-electron chi connectivity index (χ2n) is 4.91. The molecule has 0 aromatic carbocycles. The van der Waals surface area contributed by atoms with E-state index in [1.165, 1.54) is 10.6 Å². The Balaban J connectivity index is 1.98. The summed E-state index contributed by atoms with van der Waals surface area (Å²) in [5, 5.41) is 8.75. The van der Waals surface area contributed by atoms with Crippen LogP contribution in [0.5, 0.6) is 0 Å². The van der Waals surface area contributed by atoms with E-state index in [2.05, 4.69) is 15.9 Å². The Hall–Kier alpha value is -1.63. The number of pyridine rings is 1. The lowest BCUT2D eigenvalue weighted by molar-refractivity contribution is -0.138. The zero-order valence-corrected chi connectivity index (χ0v) is 12.4. The molecule has 1 unspecified atom stereocenters. The Morgan fingerprint density at radius 2 is 2.15 bits per heavy atom. The second kappa shape index (κ2) is 6.21. The number of hydrogen-bond acceptors (Lipinski definition) is 3. The van der Waals surface area contributed by atoms with Crippen LogP contribution in [0.2, 0.25) is 0 Å². The average molecular weight is 343 g/mol. The molecule has 108 valence electrons. The SMILES string of the molecule is O=C(O)CC1CCN(C(=O)Cn2cc(Br)ccc2=O)C1. The third-order valence-corrected chi connectivity index (χ3v) is 3.82. The van der Waals surface area contributed by atoms with Gasteiger partial charge in [-0.2, -0.15) is 0 Å². The molecular weight excluding hydrogens is 328 g/mol. The molecule has 0 aliphatic carbocycles. The van der Waals surface area contributed by atoms with Gasteiger partial charge < -0.3 is 14.6 Å². The summed E-state index contributed by atoms with van der Waals surface area (Å²) in [4.78, 5) is 36.0. The highest BCUT2D eigenvalue weighted by Crippen LogP contribution is 2.19. The molecule has 0 radical (unpaired) electrons. The molecule has 1 aromatic heterocycles. The van der Waals surface area contributed by atoms with E-state index in [-0.39, 0.29) is 30.3 Å². The van der Waals surface area contributed by atoms with Gasteiger partial charge in [-0.25, -0.2) is 0 Å². The van der Waals surface area contributed by atoms with Crippen LogP contribution < -0.4 is 5.56 Å². The van der Waals surface area contributed by atoms with Crippen LogP contribution in [0.25, 0.3) is 0 Å². The third kappa shape index (κ3) is 3.69. The highest BCUT2D eigenvalue weighted by atomic mass is 79.9. The molecule has 1 atom stereocenters. The van der Waals surface area contributed by atoms with Crippen LogP contribution in [0.15, 0.2) is 27.6 Å². The Morgan fingerprint density at radius 3 is 2.85 bits per heavy atom. The molecule has 1 aliphatic rings. The number of aliphatic carboxylic acids is 1. The molecule has 1 N–H and O–H groups in total. The smallest absolute Gasteiger partial charge is 0.303 e. The molecule has 1 fully saturated rings. The molecule has 2 rings (SSSR count). The Kier molecular flexibility index (Phi) is 4.59. The normalized spacial score (nSPS) is 18.2. The molecule has 1 aliphatic heterocycles. The van der Waals surface area contributed by atoms with Crippen LogP contribution >= 0.6 is 15.9 Å². The van der Waals surface area contributed by atoms with Gasteiger partial charge in [-0.15, -0.1) is 0 Å². The monoisotopic (exact) mass is 342 g/mol. The van der Waals surface area contributed by atoms with Gasteiger partial charge in [0.1, 0.15) is 6.54 Å². The molecule has 0 bridgehead atoms. The molecule has 0 spiro atoms. The van der Waals surface area contributed by atoms with E-state index < -0.39 is 5.97 Å². The minimum atomic E-state index is -0.840. The number of amides is 1. The number of carbonyl (C=O) groups excluding carboxylic acids is 1. The van der Waals surface area contributed by atoms with Gasteiger partial charge in [-0.05, 0) is 34.3 Å². The van der Waals surface area contributed by atoms with Gasteiger partial charge in [0.25, 0.3) is 5.56 Å². The predicted molar refractivity (Wildman–Crippen MR) is 75.3 cm³/mol. The first kappa shape index (κ1) is 14.8. The summed E-state index contributed by atoms with van der Waals surface area (Å²) in [6.07, 6.45) is 2.36. The molecule has 1 aromatic rings. The van der Waals surface area contributed by atoms with Crippen molar-refractivity contribution in [2.75, 3.05) is 13.1 Å². The summed E-state index contributed by atoms with van der Waals surface area (Å²) in [5.74, 6) is -0.985. The fourth-order valence-electron chi connectivity index (χ4n) is 2.34. The number of hydrogen-bond donors (Lipinski definition) is 1. The second-order valence-corrected chi connectivity index (χ2v) is 5.82. The largest absolute Gasteiger partial charge is 0.481 e. The van der Waals surface area contributed by atoms with Crippen molar-refractivity contribution in [3.63, 3.8) is 0 Å². The lowest BCUT2D eigenvalue weighted by atomic mass is 10.1. The molecule has 1 saturated heterocycles. The van der Waals surface area contributed by atoms with E-state index in [0.29, 0.717) is 19.5 Å². The number of aromatic nitrogens is 1. The fraction of sp³-hybridized carbons (Fsp3) is 0.462. The van der Waals surface area contributed by atoms with Gasteiger partial charge in [-0.3, -0.25) is 14.4 Å². The molecule has 7 heteroatoms. The van der Waals surface area contributed by atoms with Crippen molar-refractivity contribution in [3.8, 4) is 0 Å².